The first kappa shape index (κ1) is 5.12. The Labute approximate surface area is 36.2 Å². The molecule has 0 unspecified atom stereocenters. The van der Waals surface area contributed by atoms with E-state index in [1.807, 2.05) is 0 Å². The van der Waals surface area contributed by atoms with Crippen molar-refractivity contribution < 1.29 is 4.79 Å². The van der Waals surface area contributed by atoms with Gasteiger partial charge in [-0.3, -0.25) is 0 Å². The van der Waals surface area contributed by atoms with Crippen molar-refractivity contribution >= 4 is 6.08 Å². The molecule has 0 spiro atoms. The van der Waals surface area contributed by atoms with E-state index in [-0.39, 0.29) is 0 Å². The van der Waals surface area contributed by atoms with Crippen molar-refractivity contribution in [3.8, 4) is 0 Å². The van der Waals surface area contributed by atoms with Crippen molar-refractivity contribution in [2.75, 3.05) is 0 Å². The van der Waals surface area contributed by atoms with Crippen LogP contribution in [0, 0.1) is 6.92 Å². The van der Waals surface area contributed by atoms with Gasteiger partial charge >= 0.3 is 0 Å². The van der Waals surface area contributed by atoms with Gasteiger partial charge in [-0.05, 0) is 6.92 Å². The highest BCUT2D eigenvalue weighted by Gasteiger charge is 1.49. The molecule has 0 bridgehead atoms. The summed E-state index contributed by atoms with van der Waals surface area (Å²) in [5, 5.41) is 0. The van der Waals surface area contributed by atoms with Crippen molar-refractivity contribution in [3.63, 3.8) is 0 Å². The summed E-state index contributed by atoms with van der Waals surface area (Å²) in [6.07, 6.45) is 4.00. The van der Waals surface area contributed by atoms with Crippen molar-refractivity contribution in [1.29, 1.82) is 0 Å². The molecule has 0 N–H and O–H groups in total. The molecule has 0 fully saturated rings. The van der Waals surface area contributed by atoms with Crippen molar-refractivity contribution in [2.45, 2.75) is 0 Å². The number of isocyanates is 1. The Hall–Kier alpha value is -0.880. The second-order valence-electron chi connectivity index (χ2n) is 0.605. The molecule has 31 valence electrons. The Morgan fingerprint density at radius 1 is 1.83 bits per heavy atom. The third-order valence-electron chi connectivity index (χ3n) is 0.233. The van der Waals surface area contributed by atoms with Crippen LogP contribution in [0.25, 0.3) is 0 Å². The van der Waals surface area contributed by atoms with E-state index in [2.05, 4.69) is 11.9 Å². The lowest BCUT2D eigenvalue weighted by Gasteiger charge is -1.55. The Balaban J connectivity index is 3.33. The van der Waals surface area contributed by atoms with Crippen LogP contribution in [0.1, 0.15) is 0 Å². The number of aliphatic imine (C=N–C) groups is 1. The number of hydrogen-bond acceptors (Lipinski definition) is 2. The molecule has 0 saturated heterocycles. The Kier molecular flexibility index (Phi) is 3.52. The molecule has 0 aliphatic rings. The largest absolute Gasteiger partial charge is 0.239 e. The molecule has 6 heavy (non-hydrogen) atoms. The van der Waals surface area contributed by atoms with E-state index >= 15 is 0 Å². The lowest BCUT2D eigenvalue weighted by Crippen LogP contribution is -1.43. The van der Waals surface area contributed by atoms with E-state index < -0.39 is 0 Å². The number of hydrogen-bond donors (Lipinski definition) is 0. The van der Waals surface area contributed by atoms with Crippen LogP contribution in [0.2, 0.25) is 0 Å². The zero-order chi connectivity index (χ0) is 4.83. The fourth-order valence-electron chi connectivity index (χ4n) is 0.0831. The molecule has 2 nitrogen and oxygen atoms in total. The predicted octanol–water partition coefficient (Wildman–Crippen LogP) is 0.670. The number of allylic oxidation sites excluding steroid dienone is 1. The first-order valence-electron chi connectivity index (χ1n) is 1.43. The van der Waals surface area contributed by atoms with Gasteiger partial charge in [0.05, 0.1) is 0 Å². The van der Waals surface area contributed by atoms with Crippen LogP contribution in [-0.2, 0) is 4.79 Å². The normalized spacial score (nSPS) is 8.17. The molecule has 0 aromatic rings. The second-order valence-corrected chi connectivity index (χ2v) is 0.605. The van der Waals surface area contributed by atoms with Crippen LogP contribution in [0.15, 0.2) is 17.3 Å². The fourth-order valence-corrected chi connectivity index (χ4v) is 0.0831. The highest BCUT2D eigenvalue weighted by molar-refractivity contribution is 5.34. The van der Waals surface area contributed by atoms with Gasteiger partial charge < -0.3 is 0 Å². The average Bonchev–Trinajstić information content (AvgIpc) is 1.61. The van der Waals surface area contributed by atoms with Crippen LogP contribution in [0.4, 0.5) is 0 Å². The van der Waals surface area contributed by atoms with Gasteiger partial charge in [-0.15, -0.1) is 0 Å². The van der Waals surface area contributed by atoms with E-state index in [9.17, 15) is 4.79 Å². The van der Waals surface area contributed by atoms with Gasteiger partial charge in [-0.1, -0.05) is 6.08 Å². The maximum Gasteiger partial charge on any atom is 0.239 e. The van der Waals surface area contributed by atoms with Crippen LogP contribution in [-0.4, -0.2) is 6.08 Å². The van der Waals surface area contributed by atoms with Gasteiger partial charge in [0.25, 0.3) is 0 Å². The SMILES string of the molecule is [CH2]C=CN=C=O. The molecule has 1 radical (unpaired) electrons. The maximum absolute atomic E-state index is 9.19. The Morgan fingerprint density at radius 3 is 2.67 bits per heavy atom. The predicted molar refractivity (Wildman–Crippen MR) is 22.6 cm³/mol. The van der Waals surface area contributed by atoms with Crippen molar-refractivity contribution in [2.24, 2.45) is 4.99 Å². The third kappa shape index (κ3) is 3.12. The van der Waals surface area contributed by atoms with E-state index in [4.69, 9.17) is 0 Å². The molecule has 0 aromatic heterocycles. The summed E-state index contributed by atoms with van der Waals surface area (Å²) in [5.41, 5.74) is 0. The Bertz CT molecular complexity index is 89.7. The zero-order valence-corrected chi connectivity index (χ0v) is 3.22. The van der Waals surface area contributed by atoms with Crippen LogP contribution >= 0.6 is 0 Å². The first-order chi connectivity index (χ1) is 2.91. The van der Waals surface area contributed by atoms with E-state index in [0.29, 0.717) is 0 Å². The standard InChI is InChI=1S/C4H4NO/c1-2-3-5-4-6/h2-3H,1H2. The minimum atomic E-state index is 1.27. The minimum absolute atomic E-state index is 1.27. The third-order valence-corrected chi connectivity index (χ3v) is 0.233. The maximum atomic E-state index is 9.19. The number of rotatable bonds is 1. The molecular formula is C4H4NO. The molecule has 0 amide bonds. The van der Waals surface area contributed by atoms with E-state index in [1.165, 1.54) is 18.4 Å². The molecule has 0 aromatic carbocycles. The highest BCUT2D eigenvalue weighted by atomic mass is 16.1. The number of carbonyl (C=O) groups excluding carboxylic acids is 1. The van der Waals surface area contributed by atoms with E-state index in [0.717, 1.165) is 0 Å². The summed E-state index contributed by atoms with van der Waals surface area (Å²) >= 11 is 0. The molecule has 0 saturated carbocycles. The summed E-state index contributed by atoms with van der Waals surface area (Å²) < 4.78 is 0. The molecule has 0 atom stereocenters. The summed E-state index contributed by atoms with van der Waals surface area (Å²) in [4.78, 5) is 12.2. The molecule has 0 aliphatic carbocycles. The van der Waals surface area contributed by atoms with Gasteiger partial charge in [-0.25, -0.2) is 4.79 Å². The summed E-state index contributed by atoms with van der Waals surface area (Å²) in [6.45, 7) is 3.27. The van der Waals surface area contributed by atoms with Crippen molar-refractivity contribution in [3.05, 3.63) is 19.2 Å². The minimum Gasteiger partial charge on any atom is -0.211 e. The highest BCUT2D eigenvalue weighted by Crippen LogP contribution is 1.63. The lowest BCUT2D eigenvalue weighted by atomic mass is 10.7. The van der Waals surface area contributed by atoms with Crippen LogP contribution < -0.4 is 0 Å². The molecular weight excluding hydrogens is 78.0 g/mol. The van der Waals surface area contributed by atoms with E-state index in [1.54, 1.807) is 0 Å². The average molecular weight is 82.1 g/mol. The molecule has 2 heteroatoms. The Morgan fingerprint density at radius 2 is 2.50 bits per heavy atom. The molecule has 0 rings (SSSR count). The van der Waals surface area contributed by atoms with Gasteiger partial charge in [-0.2, -0.15) is 4.99 Å². The number of nitrogens with zero attached hydrogens (tertiary/aromatic N) is 1. The first-order valence-corrected chi connectivity index (χ1v) is 1.43. The summed E-state index contributed by atoms with van der Waals surface area (Å²) in [6, 6.07) is 0. The van der Waals surface area contributed by atoms with Gasteiger partial charge in [0.2, 0.25) is 6.08 Å². The smallest absolute Gasteiger partial charge is 0.211 e. The monoisotopic (exact) mass is 82.0 g/mol. The van der Waals surface area contributed by atoms with Gasteiger partial charge in [0.15, 0.2) is 0 Å². The topological polar surface area (TPSA) is 29.4 Å². The quantitative estimate of drug-likeness (QED) is 0.337. The van der Waals surface area contributed by atoms with Gasteiger partial charge in [0.1, 0.15) is 0 Å². The van der Waals surface area contributed by atoms with Crippen LogP contribution in [0.3, 0.4) is 0 Å². The van der Waals surface area contributed by atoms with Crippen LogP contribution in [0.5, 0.6) is 0 Å². The summed E-state index contributed by atoms with van der Waals surface area (Å²) in [7, 11) is 0. The molecule has 0 aliphatic heterocycles. The zero-order valence-electron chi connectivity index (χ0n) is 3.22. The van der Waals surface area contributed by atoms with Gasteiger partial charge in [0, 0.05) is 6.20 Å². The summed E-state index contributed by atoms with van der Waals surface area (Å²) in [5.74, 6) is 0. The fraction of sp³-hybridized carbons (Fsp3) is 0. The second kappa shape index (κ2) is 4.12. The van der Waals surface area contributed by atoms with Crippen molar-refractivity contribution in [1.82, 2.24) is 0 Å². The lowest BCUT2D eigenvalue weighted by molar-refractivity contribution is 0.565. The molecule has 0 heterocycles.